The molecule has 0 atom stereocenters. The molecule has 0 aliphatic rings. The molecule has 0 aromatic heterocycles. The predicted molar refractivity (Wildman–Crippen MR) is 54.6 cm³/mol. The fourth-order valence-electron chi connectivity index (χ4n) is 1.22. The Labute approximate surface area is 84.0 Å². The predicted octanol–water partition coefficient (Wildman–Crippen LogP) is 3.58. The van der Waals surface area contributed by atoms with Crippen LogP contribution >= 0.6 is 11.6 Å². The summed E-state index contributed by atoms with van der Waals surface area (Å²) in [4.78, 5) is 0. The minimum atomic E-state index is 0.643. The molecule has 68 valence electrons. The number of hydrogen-bond donors (Lipinski definition) is 0. The van der Waals surface area contributed by atoms with Crippen LogP contribution in [0.15, 0.2) is 24.3 Å². The zero-order chi connectivity index (χ0) is 9.52. The Balaban J connectivity index is 2.37. The van der Waals surface area contributed by atoms with Crippen molar-refractivity contribution in [1.29, 1.82) is 5.26 Å². The van der Waals surface area contributed by atoms with Crippen molar-refractivity contribution < 1.29 is 0 Å². The highest BCUT2D eigenvalue weighted by atomic mass is 35.5. The van der Waals surface area contributed by atoms with E-state index in [1.165, 1.54) is 5.56 Å². The van der Waals surface area contributed by atoms with E-state index in [0.29, 0.717) is 6.42 Å². The molecular formula is C11H12ClN. The lowest BCUT2D eigenvalue weighted by molar-refractivity contribution is 0.753. The molecule has 0 fully saturated rings. The van der Waals surface area contributed by atoms with Gasteiger partial charge in [0.1, 0.15) is 0 Å². The summed E-state index contributed by atoms with van der Waals surface area (Å²) < 4.78 is 0. The second kappa shape index (κ2) is 5.61. The van der Waals surface area contributed by atoms with Crippen LogP contribution in [0.25, 0.3) is 0 Å². The number of hydrogen-bond acceptors (Lipinski definition) is 1. The number of benzene rings is 1. The Morgan fingerprint density at radius 2 is 2.00 bits per heavy atom. The first-order chi connectivity index (χ1) is 6.34. The molecule has 0 heterocycles. The minimum absolute atomic E-state index is 0.643. The van der Waals surface area contributed by atoms with Crippen LogP contribution in [-0.2, 0) is 6.42 Å². The summed E-state index contributed by atoms with van der Waals surface area (Å²) in [6, 6.07) is 10.00. The van der Waals surface area contributed by atoms with Crippen LogP contribution in [0.3, 0.4) is 0 Å². The van der Waals surface area contributed by atoms with E-state index in [4.69, 9.17) is 16.9 Å². The van der Waals surface area contributed by atoms with Gasteiger partial charge in [-0.1, -0.05) is 29.8 Å². The zero-order valence-corrected chi connectivity index (χ0v) is 8.22. The Bertz CT molecular complexity index is 301. The highest BCUT2D eigenvalue weighted by Gasteiger charge is 1.97. The molecule has 1 aromatic carbocycles. The molecule has 0 bridgehead atoms. The van der Waals surface area contributed by atoms with Crippen LogP contribution in [-0.4, -0.2) is 0 Å². The SMILES string of the molecule is N#CCCCCc1ccccc1Cl. The molecule has 0 N–H and O–H groups in total. The maximum Gasteiger partial charge on any atom is 0.0621 e. The molecule has 13 heavy (non-hydrogen) atoms. The number of aryl methyl sites for hydroxylation is 1. The molecule has 0 amide bonds. The topological polar surface area (TPSA) is 23.8 Å². The quantitative estimate of drug-likeness (QED) is 0.671. The zero-order valence-electron chi connectivity index (χ0n) is 7.46. The van der Waals surface area contributed by atoms with E-state index in [1.807, 2.05) is 24.3 Å². The van der Waals surface area contributed by atoms with E-state index in [2.05, 4.69) is 6.07 Å². The lowest BCUT2D eigenvalue weighted by atomic mass is 10.1. The van der Waals surface area contributed by atoms with E-state index in [9.17, 15) is 0 Å². The standard InChI is InChI=1S/C11H12ClN/c12-11-8-4-3-7-10(11)6-2-1-5-9-13/h3-4,7-8H,1-2,5-6H2. The smallest absolute Gasteiger partial charge is 0.0621 e. The van der Waals surface area contributed by atoms with Crippen molar-refractivity contribution in [2.24, 2.45) is 0 Å². The molecule has 2 heteroatoms. The lowest BCUT2D eigenvalue weighted by Gasteiger charge is -2.01. The third-order valence-electron chi connectivity index (χ3n) is 1.94. The van der Waals surface area contributed by atoms with Crippen molar-refractivity contribution in [1.82, 2.24) is 0 Å². The first-order valence-corrected chi connectivity index (χ1v) is 4.83. The fraction of sp³-hybridized carbons (Fsp3) is 0.364. The van der Waals surface area contributed by atoms with Crippen LogP contribution < -0.4 is 0 Å². The highest BCUT2D eigenvalue weighted by molar-refractivity contribution is 6.31. The van der Waals surface area contributed by atoms with Crippen molar-refractivity contribution in [3.8, 4) is 6.07 Å². The fourth-order valence-corrected chi connectivity index (χ4v) is 1.45. The van der Waals surface area contributed by atoms with Gasteiger partial charge in [0.2, 0.25) is 0 Å². The van der Waals surface area contributed by atoms with Crippen molar-refractivity contribution >= 4 is 11.6 Å². The van der Waals surface area contributed by atoms with Crippen LogP contribution in [0.4, 0.5) is 0 Å². The average Bonchev–Trinajstić information content (AvgIpc) is 2.15. The molecule has 0 saturated carbocycles. The second-order valence-corrected chi connectivity index (χ2v) is 3.36. The summed E-state index contributed by atoms with van der Waals surface area (Å²) in [7, 11) is 0. The molecule has 0 aliphatic carbocycles. The normalized spacial score (nSPS) is 9.54. The first kappa shape index (κ1) is 10.1. The van der Waals surface area contributed by atoms with Gasteiger partial charge < -0.3 is 0 Å². The van der Waals surface area contributed by atoms with Crippen molar-refractivity contribution in [2.75, 3.05) is 0 Å². The van der Waals surface area contributed by atoms with Gasteiger partial charge in [-0.3, -0.25) is 0 Å². The largest absolute Gasteiger partial charge is 0.198 e. The Morgan fingerprint density at radius 1 is 1.23 bits per heavy atom. The maximum absolute atomic E-state index is 8.34. The van der Waals surface area contributed by atoms with E-state index >= 15 is 0 Å². The molecule has 0 spiro atoms. The van der Waals surface area contributed by atoms with Crippen molar-refractivity contribution in [3.63, 3.8) is 0 Å². The molecule has 1 aromatic rings. The van der Waals surface area contributed by atoms with Gasteiger partial charge >= 0.3 is 0 Å². The average molecular weight is 194 g/mol. The van der Waals surface area contributed by atoms with Gasteiger partial charge in [0, 0.05) is 11.4 Å². The summed E-state index contributed by atoms with van der Waals surface area (Å²) in [5.74, 6) is 0. The van der Waals surface area contributed by atoms with Crippen LogP contribution in [0.2, 0.25) is 5.02 Å². The Morgan fingerprint density at radius 3 is 2.69 bits per heavy atom. The Kier molecular flexibility index (Phi) is 4.35. The summed E-state index contributed by atoms with van der Waals surface area (Å²) in [6.07, 6.45) is 3.62. The molecule has 0 saturated heterocycles. The number of rotatable bonds is 4. The van der Waals surface area contributed by atoms with Gasteiger partial charge in [0.25, 0.3) is 0 Å². The van der Waals surface area contributed by atoms with Gasteiger partial charge in [-0.15, -0.1) is 0 Å². The lowest BCUT2D eigenvalue weighted by Crippen LogP contribution is -1.86. The third-order valence-corrected chi connectivity index (χ3v) is 2.31. The van der Waals surface area contributed by atoms with Crippen LogP contribution in [0.5, 0.6) is 0 Å². The van der Waals surface area contributed by atoms with Gasteiger partial charge in [-0.05, 0) is 30.9 Å². The maximum atomic E-state index is 8.34. The van der Waals surface area contributed by atoms with Gasteiger partial charge in [0.15, 0.2) is 0 Å². The van der Waals surface area contributed by atoms with E-state index in [1.54, 1.807) is 0 Å². The van der Waals surface area contributed by atoms with Crippen molar-refractivity contribution in [2.45, 2.75) is 25.7 Å². The summed E-state index contributed by atoms with van der Waals surface area (Å²) >= 11 is 5.97. The third kappa shape index (κ3) is 3.48. The van der Waals surface area contributed by atoms with E-state index < -0.39 is 0 Å². The number of halogens is 1. The second-order valence-electron chi connectivity index (χ2n) is 2.96. The Hall–Kier alpha value is -1.00. The summed E-state index contributed by atoms with van der Waals surface area (Å²) in [6.45, 7) is 0. The molecule has 0 radical (unpaired) electrons. The molecule has 0 aliphatic heterocycles. The monoisotopic (exact) mass is 193 g/mol. The van der Waals surface area contributed by atoms with Crippen LogP contribution in [0, 0.1) is 11.3 Å². The minimum Gasteiger partial charge on any atom is -0.198 e. The van der Waals surface area contributed by atoms with Gasteiger partial charge in [-0.25, -0.2) is 0 Å². The van der Waals surface area contributed by atoms with E-state index in [-0.39, 0.29) is 0 Å². The molecule has 0 unspecified atom stereocenters. The van der Waals surface area contributed by atoms with Crippen LogP contribution in [0.1, 0.15) is 24.8 Å². The molecule has 1 nitrogen and oxygen atoms in total. The van der Waals surface area contributed by atoms with E-state index in [0.717, 1.165) is 24.3 Å². The van der Waals surface area contributed by atoms with Gasteiger partial charge in [-0.2, -0.15) is 5.26 Å². The molecular weight excluding hydrogens is 182 g/mol. The first-order valence-electron chi connectivity index (χ1n) is 4.45. The van der Waals surface area contributed by atoms with Crippen molar-refractivity contribution in [3.05, 3.63) is 34.9 Å². The van der Waals surface area contributed by atoms with Gasteiger partial charge in [0.05, 0.1) is 6.07 Å². The molecule has 1 rings (SSSR count). The summed E-state index contributed by atoms with van der Waals surface area (Å²) in [5, 5.41) is 9.17. The number of nitrogens with zero attached hydrogens (tertiary/aromatic N) is 1. The summed E-state index contributed by atoms with van der Waals surface area (Å²) in [5.41, 5.74) is 1.18. The highest BCUT2D eigenvalue weighted by Crippen LogP contribution is 2.17. The number of unbranched alkanes of at least 4 members (excludes halogenated alkanes) is 2. The number of nitriles is 1.